The molecular weight excluding hydrogens is 327 g/mol. The quantitative estimate of drug-likeness (QED) is 0.791. The molecule has 0 spiro atoms. The number of nitrogens with zero attached hydrogens (tertiary/aromatic N) is 2. The van der Waals surface area contributed by atoms with Crippen molar-refractivity contribution in [1.29, 1.82) is 5.26 Å². The predicted octanol–water partition coefficient (Wildman–Crippen LogP) is 3.23. The van der Waals surface area contributed by atoms with Crippen LogP contribution >= 0.6 is 22.6 Å². The molecule has 3 nitrogen and oxygen atoms in total. The number of methoxy groups -OCH3 is 1. The summed E-state index contributed by atoms with van der Waals surface area (Å²) < 4.78 is 6.11. The zero-order chi connectivity index (χ0) is 12.3. The molecule has 0 aliphatic carbocycles. The first-order valence-electron chi connectivity index (χ1n) is 4.94. The largest absolute Gasteiger partial charge is 0.481 e. The number of ether oxygens (including phenoxy) is 1. The molecule has 84 valence electrons. The Bertz CT molecular complexity index is 573. The van der Waals surface area contributed by atoms with Gasteiger partial charge >= 0.3 is 0 Å². The van der Waals surface area contributed by atoms with Crippen molar-refractivity contribution in [3.8, 4) is 23.1 Å². The van der Waals surface area contributed by atoms with Crippen molar-refractivity contribution < 1.29 is 4.74 Å². The van der Waals surface area contributed by atoms with Crippen LogP contribution in [0.2, 0.25) is 0 Å². The summed E-state index contributed by atoms with van der Waals surface area (Å²) in [5.41, 5.74) is 2.64. The smallest absolute Gasteiger partial charge is 0.212 e. The summed E-state index contributed by atoms with van der Waals surface area (Å²) in [5, 5.41) is 8.89. The number of pyridine rings is 1. The minimum Gasteiger partial charge on any atom is -0.481 e. The fraction of sp³-hybridized carbons (Fsp3) is 0.0769. The van der Waals surface area contributed by atoms with Crippen LogP contribution in [-0.2, 0) is 0 Å². The normalized spacial score (nSPS) is 9.71. The van der Waals surface area contributed by atoms with Gasteiger partial charge in [-0.25, -0.2) is 4.98 Å². The molecule has 1 aromatic heterocycles. The Hall–Kier alpha value is -1.61. The van der Waals surface area contributed by atoms with E-state index in [1.807, 2.05) is 30.3 Å². The van der Waals surface area contributed by atoms with Gasteiger partial charge in [0.2, 0.25) is 5.88 Å². The standard InChI is InChI=1S/C13H9IN2O/c1-17-13-5-3-10(8-16-13)11-6-9(7-15)2-4-12(11)14/h2-6,8H,1H3. The Kier molecular flexibility index (Phi) is 3.59. The van der Waals surface area contributed by atoms with Crippen molar-refractivity contribution in [3.63, 3.8) is 0 Å². The van der Waals surface area contributed by atoms with Crippen LogP contribution in [-0.4, -0.2) is 12.1 Å². The second-order valence-corrected chi connectivity index (χ2v) is 4.56. The van der Waals surface area contributed by atoms with E-state index in [1.54, 1.807) is 13.3 Å². The second-order valence-electron chi connectivity index (χ2n) is 3.40. The van der Waals surface area contributed by atoms with Gasteiger partial charge in [0.1, 0.15) is 0 Å². The Morgan fingerprint density at radius 2 is 2.12 bits per heavy atom. The van der Waals surface area contributed by atoms with E-state index in [4.69, 9.17) is 10.00 Å². The van der Waals surface area contributed by atoms with Gasteiger partial charge in [0.05, 0.1) is 18.7 Å². The molecule has 1 aromatic carbocycles. The molecule has 0 N–H and O–H groups in total. The molecule has 0 fully saturated rings. The lowest BCUT2D eigenvalue weighted by Gasteiger charge is -2.05. The molecule has 17 heavy (non-hydrogen) atoms. The number of rotatable bonds is 2. The molecule has 0 saturated heterocycles. The van der Waals surface area contributed by atoms with Gasteiger partial charge in [-0.15, -0.1) is 0 Å². The molecule has 0 aliphatic heterocycles. The second kappa shape index (κ2) is 5.15. The Morgan fingerprint density at radius 1 is 1.29 bits per heavy atom. The zero-order valence-corrected chi connectivity index (χ0v) is 11.3. The van der Waals surface area contributed by atoms with E-state index in [2.05, 4.69) is 33.6 Å². The molecule has 4 heteroatoms. The first-order chi connectivity index (χ1) is 8.24. The number of benzene rings is 1. The van der Waals surface area contributed by atoms with Crippen LogP contribution in [0.4, 0.5) is 0 Å². The Labute approximate surface area is 113 Å². The van der Waals surface area contributed by atoms with E-state index in [0.29, 0.717) is 11.4 Å². The maximum Gasteiger partial charge on any atom is 0.212 e. The average molecular weight is 336 g/mol. The molecule has 0 bridgehead atoms. The summed E-state index contributed by atoms with van der Waals surface area (Å²) in [6.07, 6.45) is 1.75. The van der Waals surface area contributed by atoms with Crippen LogP contribution in [0.15, 0.2) is 36.5 Å². The van der Waals surface area contributed by atoms with Crippen LogP contribution in [0, 0.1) is 14.9 Å². The maximum absolute atomic E-state index is 8.89. The number of aromatic nitrogens is 1. The van der Waals surface area contributed by atoms with Gasteiger partial charge < -0.3 is 4.74 Å². The molecule has 0 radical (unpaired) electrons. The molecule has 0 aliphatic rings. The first-order valence-corrected chi connectivity index (χ1v) is 6.02. The fourth-order valence-corrected chi connectivity index (χ4v) is 2.12. The van der Waals surface area contributed by atoms with E-state index < -0.39 is 0 Å². The molecular formula is C13H9IN2O. The van der Waals surface area contributed by atoms with Crippen molar-refractivity contribution in [1.82, 2.24) is 4.98 Å². The molecule has 0 amide bonds. The zero-order valence-electron chi connectivity index (χ0n) is 9.14. The summed E-state index contributed by atoms with van der Waals surface area (Å²) in [6, 6.07) is 11.5. The molecule has 2 rings (SSSR count). The van der Waals surface area contributed by atoms with E-state index >= 15 is 0 Å². The van der Waals surface area contributed by atoms with Gasteiger partial charge in [0, 0.05) is 21.4 Å². The summed E-state index contributed by atoms with van der Waals surface area (Å²) in [5.74, 6) is 0.584. The highest BCUT2D eigenvalue weighted by Gasteiger charge is 2.05. The minimum absolute atomic E-state index is 0.584. The van der Waals surface area contributed by atoms with Crippen molar-refractivity contribution in [3.05, 3.63) is 45.7 Å². The summed E-state index contributed by atoms with van der Waals surface area (Å²) in [4.78, 5) is 4.16. The maximum atomic E-state index is 8.89. The summed E-state index contributed by atoms with van der Waals surface area (Å²) in [6.45, 7) is 0. The topological polar surface area (TPSA) is 45.9 Å². The van der Waals surface area contributed by atoms with Gasteiger partial charge in [-0.05, 0) is 52.4 Å². The van der Waals surface area contributed by atoms with Gasteiger partial charge in [0.25, 0.3) is 0 Å². The Morgan fingerprint density at radius 3 is 2.71 bits per heavy atom. The predicted molar refractivity (Wildman–Crippen MR) is 73.7 cm³/mol. The highest BCUT2D eigenvalue weighted by atomic mass is 127. The van der Waals surface area contributed by atoms with E-state index in [-0.39, 0.29) is 0 Å². The average Bonchev–Trinajstić information content (AvgIpc) is 2.39. The third-order valence-electron chi connectivity index (χ3n) is 2.35. The van der Waals surface area contributed by atoms with Gasteiger partial charge in [-0.1, -0.05) is 0 Å². The minimum atomic E-state index is 0.584. The monoisotopic (exact) mass is 336 g/mol. The fourth-order valence-electron chi connectivity index (χ4n) is 1.48. The molecule has 1 heterocycles. The van der Waals surface area contributed by atoms with Crippen molar-refractivity contribution in [2.24, 2.45) is 0 Å². The van der Waals surface area contributed by atoms with Gasteiger partial charge in [0.15, 0.2) is 0 Å². The summed E-state index contributed by atoms with van der Waals surface area (Å²) >= 11 is 2.25. The third-order valence-corrected chi connectivity index (χ3v) is 3.29. The number of hydrogen-bond donors (Lipinski definition) is 0. The van der Waals surface area contributed by atoms with E-state index in [9.17, 15) is 0 Å². The highest BCUT2D eigenvalue weighted by molar-refractivity contribution is 14.1. The highest BCUT2D eigenvalue weighted by Crippen LogP contribution is 2.26. The number of nitriles is 1. The van der Waals surface area contributed by atoms with Crippen molar-refractivity contribution >= 4 is 22.6 Å². The Balaban J connectivity index is 2.48. The SMILES string of the molecule is COc1ccc(-c2cc(C#N)ccc2I)cn1. The van der Waals surface area contributed by atoms with Crippen LogP contribution < -0.4 is 4.74 Å². The number of hydrogen-bond acceptors (Lipinski definition) is 3. The summed E-state index contributed by atoms with van der Waals surface area (Å²) in [7, 11) is 1.59. The van der Waals surface area contributed by atoms with Crippen molar-refractivity contribution in [2.45, 2.75) is 0 Å². The van der Waals surface area contributed by atoms with E-state index in [0.717, 1.165) is 14.7 Å². The van der Waals surface area contributed by atoms with Crippen LogP contribution in [0.1, 0.15) is 5.56 Å². The third kappa shape index (κ3) is 2.56. The molecule has 0 saturated carbocycles. The van der Waals surface area contributed by atoms with E-state index in [1.165, 1.54) is 0 Å². The van der Waals surface area contributed by atoms with Gasteiger partial charge in [-0.3, -0.25) is 0 Å². The van der Waals surface area contributed by atoms with Gasteiger partial charge in [-0.2, -0.15) is 5.26 Å². The molecule has 0 unspecified atom stereocenters. The number of halogens is 1. The van der Waals surface area contributed by atoms with Crippen LogP contribution in [0.5, 0.6) is 5.88 Å². The lowest BCUT2D eigenvalue weighted by molar-refractivity contribution is 0.398. The first kappa shape index (κ1) is 11.9. The van der Waals surface area contributed by atoms with Crippen LogP contribution in [0.25, 0.3) is 11.1 Å². The lowest BCUT2D eigenvalue weighted by atomic mass is 10.1. The molecule has 0 atom stereocenters. The lowest BCUT2D eigenvalue weighted by Crippen LogP contribution is -1.89. The molecule has 2 aromatic rings. The van der Waals surface area contributed by atoms with Crippen molar-refractivity contribution in [2.75, 3.05) is 7.11 Å². The van der Waals surface area contributed by atoms with Crippen LogP contribution in [0.3, 0.4) is 0 Å².